The summed E-state index contributed by atoms with van der Waals surface area (Å²) in [5, 5.41) is 28.7. The van der Waals surface area contributed by atoms with E-state index in [2.05, 4.69) is 15.0 Å². The smallest absolute Gasteiger partial charge is 0.278 e. The van der Waals surface area contributed by atoms with Gasteiger partial charge in [-0.3, -0.25) is 14.3 Å². The van der Waals surface area contributed by atoms with Crippen molar-refractivity contribution in [1.82, 2.24) is 19.5 Å². The van der Waals surface area contributed by atoms with Gasteiger partial charge in [0.25, 0.3) is 5.56 Å². The Morgan fingerprint density at radius 3 is 2.85 bits per heavy atom. The lowest BCUT2D eigenvalue weighted by Crippen LogP contribution is -2.33. The number of nitrogens with one attached hydrogen (secondary N) is 1. The number of aliphatic hydroxyl groups is 3. The summed E-state index contributed by atoms with van der Waals surface area (Å²) in [5.41, 5.74) is 5.04. The maximum Gasteiger partial charge on any atom is 0.278 e. The topological polar surface area (TPSA) is 160 Å². The first kappa shape index (κ1) is 13.0. The van der Waals surface area contributed by atoms with Gasteiger partial charge in [-0.2, -0.15) is 4.98 Å². The molecule has 10 nitrogen and oxygen atoms in total. The molecule has 0 saturated carbocycles. The highest BCUT2D eigenvalue weighted by Crippen LogP contribution is 2.30. The van der Waals surface area contributed by atoms with Gasteiger partial charge in [0.1, 0.15) is 24.6 Å². The predicted molar refractivity (Wildman–Crippen MR) is 65.6 cm³/mol. The minimum Gasteiger partial charge on any atom is -0.394 e. The summed E-state index contributed by atoms with van der Waals surface area (Å²) in [5.74, 6) is -0.0751. The molecule has 6 N–H and O–H groups in total. The molecule has 4 unspecified atom stereocenters. The Morgan fingerprint density at radius 1 is 1.45 bits per heavy atom. The van der Waals surface area contributed by atoms with E-state index in [1.807, 2.05) is 0 Å². The summed E-state index contributed by atoms with van der Waals surface area (Å²) in [4.78, 5) is 22.0. The van der Waals surface area contributed by atoms with E-state index in [4.69, 9.17) is 15.6 Å². The molecule has 2 aromatic rings. The Labute approximate surface area is 111 Å². The number of aromatic nitrogens is 4. The van der Waals surface area contributed by atoms with Crippen molar-refractivity contribution in [3.63, 3.8) is 0 Å². The number of rotatable bonds is 2. The second kappa shape index (κ2) is 4.52. The highest BCUT2D eigenvalue weighted by atomic mass is 16.6. The van der Waals surface area contributed by atoms with Gasteiger partial charge < -0.3 is 25.8 Å². The third kappa shape index (κ3) is 1.78. The molecule has 0 spiro atoms. The molecule has 3 rings (SSSR count). The van der Waals surface area contributed by atoms with Crippen LogP contribution in [0, 0.1) is 0 Å². The normalized spacial score (nSPS) is 30.1. The molecule has 2 aromatic heterocycles. The van der Waals surface area contributed by atoms with Gasteiger partial charge in [-0.25, -0.2) is 4.98 Å². The summed E-state index contributed by atoms with van der Waals surface area (Å²) < 4.78 is 6.59. The summed E-state index contributed by atoms with van der Waals surface area (Å²) in [6.45, 7) is -0.455. The van der Waals surface area contributed by atoms with Gasteiger partial charge >= 0.3 is 0 Å². The van der Waals surface area contributed by atoms with Gasteiger partial charge in [0.15, 0.2) is 17.4 Å². The molecule has 108 valence electrons. The van der Waals surface area contributed by atoms with Crippen LogP contribution in [0.3, 0.4) is 0 Å². The molecule has 0 aromatic carbocycles. The minimum atomic E-state index is -1.30. The Balaban J connectivity index is 2.10. The standard InChI is InChI=1S/C10H13N5O5/c11-10-13-7-4(8(19)14-10)15(2-12-7)9-6(18)5(17)3(1-16)20-9/h2-3,5-6,9,16-18H,1H2,(H3,11,13,14,19). The number of aliphatic hydroxyl groups excluding tert-OH is 3. The van der Waals surface area contributed by atoms with Gasteiger partial charge in [0.2, 0.25) is 5.95 Å². The molecule has 4 atom stereocenters. The second-order valence-electron chi connectivity index (χ2n) is 4.50. The molecule has 3 heterocycles. The van der Waals surface area contributed by atoms with E-state index in [1.165, 1.54) is 10.9 Å². The molecule has 1 saturated heterocycles. The van der Waals surface area contributed by atoms with Crippen molar-refractivity contribution in [3.05, 3.63) is 16.7 Å². The van der Waals surface area contributed by atoms with E-state index in [0.29, 0.717) is 0 Å². The van der Waals surface area contributed by atoms with Gasteiger partial charge in [-0.05, 0) is 0 Å². The lowest BCUT2D eigenvalue weighted by Gasteiger charge is -2.16. The summed E-state index contributed by atoms with van der Waals surface area (Å²) >= 11 is 0. The zero-order valence-corrected chi connectivity index (χ0v) is 10.2. The lowest BCUT2D eigenvalue weighted by atomic mass is 10.1. The number of ether oxygens (including phenoxy) is 1. The summed E-state index contributed by atoms with van der Waals surface area (Å²) in [6, 6.07) is 0. The molecule has 20 heavy (non-hydrogen) atoms. The Kier molecular flexibility index (Phi) is 2.94. The van der Waals surface area contributed by atoms with E-state index in [-0.39, 0.29) is 17.1 Å². The fourth-order valence-corrected chi connectivity index (χ4v) is 2.27. The first-order chi connectivity index (χ1) is 9.52. The molecule has 0 bridgehead atoms. The van der Waals surface area contributed by atoms with Crippen LogP contribution in [0.15, 0.2) is 11.1 Å². The SMILES string of the molecule is Nc1nc2ncn(C3OC(CO)C(O)C3O)c2c(=O)[nH]1. The summed E-state index contributed by atoms with van der Waals surface area (Å²) in [7, 11) is 0. The van der Waals surface area contributed by atoms with Crippen molar-refractivity contribution >= 4 is 17.1 Å². The number of fused-ring (bicyclic) bond motifs is 1. The van der Waals surface area contributed by atoms with Crippen LogP contribution >= 0.6 is 0 Å². The van der Waals surface area contributed by atoms with Gasteiger partial charge in [-0.15, -0.1) is 0 Å². The van der Waals surface area contributed by atoms with Crippen LogP contribution in [-0.2, 0) is 4.74 Å². The van der Waals surface area contributed by atoms with Crippen molar-refractivity contribution in [2.24, 2.45) is 0 Å². The third-order valence-electron chi connectivity index (χ3n) is 3.25. The molecule has 10 heteroatoms. The van der Waals surface area contributed by atoms with Crippen LogP contribution in [0.5, 0.6) is 0 Å². The van der Waals surface area contributed by atoms with Crippen molar-refractivity contribution in [2.75, 3.05) is 12.3 Å². The van der Waals surface area contributed by atoms with Gasteiger partial charge in [-0.1, -0.05) is 0 Å². The molecule has 1 aliphatic heterocycles. The Bertz CT molecular complexity index is 697. The van der Waals surface area contributed by atoms with Crippen LogP contribution in [0.4, 0.5) is 5.95 Å². The van der Waals surface area contributed by atoms with Crippen LogP contribution in [0.1, 0.15) is 6.23 Å². The number of anilines is 1. The van der Waals surface area contributed by atoms with Crippen LogP contribution in [0.25, 0.3) is 11.2 Å². The number of imidazole rings is 1. The summed E-state index contributed by atoms with van der Waals surface area (Å²) in [6.07, 6.45) is -3.29. The monoisotopic (exact) mass is 283 g/mol. The zero-order valence-electron chi connectivity index (χ0n) is 10.2. The van der Waals surface area contributed by atoms with E-state index in [0.717, 1.165) is 0 Å². The number of aromatic amines is 1. The minimum absolute atomic E-state index is 0.0639. The number of hydrogen-bond donors (Lipinski definition) is 5. The predicted octanol–water partition coefficient (Wildman–Crippen LogP) is -2.69. The fourth-order valence-electron chi connectivity index (χ4n) is 2.27. The maximum absolute atomic E-state index is 11.9. The fraction of sp³-hybridized carbons (Fsp3) is 0.500. The van der Waals surface area contributed by atoms with E-state index in [1.54, 1.807) is 0 Å². The highest BCUT2D eigenvalue weighted by Gasteiger charge is 2.44. The largest absolute Gasteiger partial charge is 0.394 e. The third-order valence-corrected chi connectivity index (χ3v) is 3.25. The first-order valence-electron chi connectivity index (χ1n) is 5.87. The Hall–Kier alpha value is -2.01. The van der Waals surface area contributed by atoms with Crippen LogP contribution in [-0.4, -0.2) is 59.8 Å². The number of nitrogens with zero attached hydrogens (tertiary/aromatic N) is 3. The van der Waals surface area contributed by atoms with Gasteiger partial charge in [0.05, 0.1) is 6.61 Å². The number of nitrogens with two attached hydrogens (primary N) is 1. The molecular weight excluding hydrogens is 270 g/mol. The Morgan fingerprint density at radius 2 is 2.20 bits per heavy atom. The van der Waals surface area contributed by atoms with Crippen LogP contribution in [0.2, 0.25) is 0 Å². The molecule has 1 fully saturated rings. The molecule has 0 radical (unpaired) electrons. The molecule has 1 aliphatic rings. The maximum atomic E-state index is 11.9. The second-order valence-corrected chi connectivity index (χ2v) is 4.50. The number of nitrogen functional groups attached to an aromatic ring is 1. The molecule has 0 amide bonds. The molecule has 0 aliphatic carbocycles. The van der Waals surface area contributed by atoms with Crippen molar-refractivity contribution in [3.8, 4) is 0 Å². The quantitative estimate of drug-likeness (QED) is 0.398. The average Bonchev–Trinajstić information content (AvgIpc) is 2.93. The zero-order chi connectivity index (χ0) is 14.4. The van der Waals surface area contributed by atoms with E-state index < -0.39 is 36.7 Å². The van der Waals surface area contributed by atoms with E-state index >= 15 is 0 Å². The lowest BCUT2D eigenvalue weighted by molar-refractivity contribution is -0.0509. The van der Waals surface area contributed by atoms with Crippen molar-refractivity contribution < 1.29 is 20.1 Å². The van der Waals surface area contributed by atoms with E-state index in [9.17, 15) is 15.0 Å². The molecular formula is C10H13N5O5. The highest BCUT2D eigenvalue weighted by molar-refractivity contribution is 5.70. The average molecular weight is 283 g/mol. The van der Waals surface area contributed by atoms with Crippen molar-refractivity contribution in [2.45, 2.75) is 24.5 Å². The number of H-pyrrole nitrogens is 1. The van der Waals surface area contributed by atoms with Gasteiger partial charge in [0, 0.05) is 0 Å². The van der Waals surface area contributed by atoms with Crippen molar-refractivity contribution in [1.29, 1.82) is 0 Å². The first-order valence-corrected chi connectivity index (χ1v) is 5.87. The number of hydrogen-bond acceptors (Lipinski definition) is 8. The van der Waals surface area contributed by atoms with Crippen LogP contribution < -0.4 is 11.3 Å².